The number of aliphatic hydroxyl groups excluding tert-OH is 2. The molecule has 1 fully saturated rings. The number of rotatable bonds is 13. The lowest BCUT2D eigenvalue weighted by molar-refractivity contribution is 0.119. The minimum absolute atomic E-state index is 0.194. The summed E-state index contributed by atoms with van der Waals surface area (Å²) in [7, 11) is 0. The SMILES string of the molecule is C=C(c1ccccc1)C12CCC(O)C1CC(CCCCOCCCCCO)=C2c1ccccc1. The van der Waals surface area contributed by atoms with Gasteiger partial charge in [0.2, 0.25) is 0 Å². The zero-order valence-electron chi connectivity index (χ0n) is 20.4. The number of aliphatic hydroxyl groups is 2. The molecular weight excluding hydrogens is 420 g/mol. The quantitative estimate of drug-likeness (QED) is 0.328. The zero-order valence-corrected chi connectivity index (χ0v) is 20.4. The van der Waals surface area contributed by atoms with Gasteiger partial charge in [0.15, 0.2) is 0 Å². The highest BCUT2D eigenvalue weighted by Crippen LogP contribution is 2.66. The maximum atomic E-state index is 11.1. The molecule has 3 nitrogen and oxygen atoms in total. The third-order valence-electron chi connectivity index (χ3n) is 7.89. The Morgan fingerprint density at radius 3 is 2.29 bits per heavy atom. The molecule has 0 saturated heterocycles. The fraction of sp³-hybridized carbons (Fsp3) is 0.484. The molecule has 3 heteroatoms. The topological polar surface area (TPSA) is 49.7 Å². The second-order valence-electron chi connectivity index (χ2n) is 9.93. The highest BCUT2D eigenvalue weighted by molar-refractivity contribution is 5.90. The molecule has 2 aliphatic rings. The summed E-state index contributed by atoms with van der Waals surface area (Å²) in [5.74, 6) is 0.202. The lowest BCUT2D eigenvalue weighted by Gasteiger charge is -2.37. The van der Waals surface area contributed by atoms with Crippen molar-refractivity contribution in [3.05, 3.63) is 83.9 Å². The molecule has 2 N–H and O–H groups in total. The van der Waals surface area contributed by atoms with Crippen LogP contribution < -0.4 is 0 Å². The molecule has 0 amide bonds. The van der Waals surface area contributed by atoms with Gasteiger partial charge >= 0.3 is 0 Å². The molecule has 3 unspecified atom stereocenters. The first-order valence-corrected chi connectivity index (χ1v) is 13.1. The van der Waals surface area contributed by atoms with Gasteiger partial charge in [-0.25, -0.2) is 0 Å². The highest BCUT2D eigenvalue weighted by Gasteiger charge is 2.56. The van der Waals surface area contributed by atoms with Gasteiger partial charge in [-0.1, -0.05) is 72.8 Å². The summed E-state index contributed by atoms with van der Waals surface area (Å²) >= 11 is 0. The molecule has 1 saturated carbocycles. The van der Waals surface area contributed by atoms with Gasteiger partial charge in [0.1, 0.15) is 0 Å². The molecular formula is C31H40O3. The molecule has 0 aromatic heterocycles. The van der Waals surface area contributed by atoms with Crippen molar-refractivity contribution in [2.24, 2.45) is 11.3 Å². The fourth-order valence-electron chi connectivity index (χ4n) is 6.25. The number of hydrogen-bond donors (Lipinski definition) is 2. The summed E-state index contributed by atoms with van der Waals surface area (Å²) in [6.07, 6.45) is 8.58. The van der Waals surface area contributed by atoms with Gasteiger partial charge < -0.3 is 14.9 Å². The average Bonchev–Trinajstić information content (AvgIpc) is 3.38. The van der Waals surface area contributed by atoms with E-state index in [1.54, 1.807) is 0 Å². The number of ether oxygens (including phenoxy) is 1. The van der Waals surface area contributed by atoms with E-state index in [1.165, 1.54) is 22.3 Å². The maximum Gasteiger partial charge on any atom is 0.0583 e. The molecule has 0 aliphatic heterocycles. The van der Waals surface area contributed by atoms with Crippen LogP contribution in [-0.2, 0) is 4.74 Å². The van der Waals surface area contributed by atoms with E-state index in [9.17, 15) is 5.11 Å². The van der Waals surface area contributed by atoms with Crippen molar-refractivity contribution in [3.8, 4) is 0 Å². The van der Waals surface area contributed by atoms with Crippen molar-refractivity contribution in [2.75, 3.05) is 19.8 Å². The maximum absolute atomic E-state index is 11.1. The molecule has 3 atom stereocenters. The smallest absolute Gasteiger partial charge is 0.0583 e. The summed E-state index contributed by atoms with van der Waals surface area (Å²) < 4.78 is 5.81. The van der Waals surface area contributed by atoms with Crippen LogP contribution in [0.1, 0.15) is 68.9 Å². The molecule has 2 aliphatic carbocycles. The molecule has 0 spiro atoms. The van der Waals surface area contributed by atoms with Crippen LogP contribution in [0.2, 0.25) is 0 Å². The van der Waals surface area contributed by atoms with Crippen LogP contribution in [0.5, 0.6) is 0 Å². The van der Waals surface area contributed by atoms with Gasteiger partial charge in [-0.3, -0.25) is 0 Å². The first-order valence-electron chi connectivity index (χ1n) is 13.1. The van der Waals surface area contributed by atoms with E-state index in [1.807, 2.05) is 0 Å². The van der Waals surface area contributed by atoms with E-state index < -0.39 is 0 Å². The van der Waals surface area contributed by atoms with Crippen LogP contribution >= 0.6 is 0 Å². The number of allylic oxidation sites excluding steroid dienone is 3. The molecule has 2 aromatic carbocycles. The largest absolute Gasteiger partial charge is 0.396 e. The fourth-order valence-corrected chi connectivity index (χ4v) is 6.25. The molecule has 2 aromatic rings. The molecule has 34 heavy (non-hydrogen) atoms. The normalized spacial score (nSPS) is 23.9. The summed E-state index contributed by atoms with van der Waals surface area (Å²) in [6.45, 7) is 6.50. The van der Waals surface area contributed by atoms with E-state index in [0.717, 1.165) is 76.6 Å². The summed E-state index contributed by atoms with van der Waals surface area (Å²) in [5, 5.41) is 19.9. The van der Waals surface area contributed by atoms with Gasteiger partial charge in [-0.05, 0) is 80.1 Å². The lowest BCUT2D eigenvalue weighted by Crippen LogP contribution is -2.29. The third-order valence-corrected chi connectivity index (χ3v) is 7.89. The van der Waals surface area contributed by atoms with E-state index in [4.69, 9.17) is 9.84 Å². The van der Waals surface area contributed by atoms with Gasteiger partial charge in [-0.15, -0.1) is 0 Å². The number of fused-ring (bicyclic) bond motifs is 1. The Bertz CT molecular complexity index is 949. The predicted molar refractivity (Wildman–Crippen MR) is 140 cm³/mol. The van der Waals surface area contributed by atoms with Crippen molar-refractivity contribution >= 4 is 11.1 Å². The Balaban J connectivity index is 1.53. The first-order chi connectivity index (χ1) is 16.7. The Labute approximate surface area is 205 Å². The standard InChI is InChI=1S/C31H40O3/c1-24(25-13-5-2-6-14-25)31-19-18-29(33)28(31)23-27(30(31)26-15-7-3-8-16-26)17-9-12-22-34-21-11-4-10-20-32/h2-3,5-8,13-16,28-29,32-33H,1,4,9-12,17-23H2. The van der Waals surface area contributed by atoms with Crippen LogP contribution in [0.3, 0.4) is 0 Å². The number of unbranched alkanes of at least 4 members (excludes halogenated alkanes) is 3. The first kappa shape index (κ1) is 24.9. The molecule has 0 radical (unpaired) electrons. The highest BCUT2D eigenvalue weighted by atomic mass is 16.5. The molecule has 4 rings (SSSR count). The van der Waals surface area contributed by atoms with Gasteiger partial charge in [-0.2, -0.15) is 0 Å². The minimum atomic E-state index is -0.279. The average molecular weight is 461 g/mol. The Hall–Kier alpha value is -2.20. The molecule has 182 valence electrons. The Morgan fingerprint density at radius 2 is 1.59 bits per heavy atom. The van der Waals surface area contributed by atoms with Crippen LogP contribution in [0.4, 0.5) is 0 Å². The summed E-state index contributed by atoms with van der Waals surface area (Å²) in [5.41, 5.74) is 6.36. The monoisotopic (exact) mass is 460 g/mol. The second kappa shape index (κ2) is 12.0. The van der Waals surface area contributed by atoms with Crippen LogP contribution in [0, 0.1) is 11.3 Å². The number of hydrogen-bond acceptors (Lipinski definition) is 3. The van der Waals surface area contributed by atoms with Crippen molar-refractivity contribution in [2.45, 2.75) is 63.9 Å². The van der Waals surface area contributed by atoms with Crippen molar-refractivity contribution in [1.82, 2.24) is 0 Å². The van der Waals surface area contributed by atoms with E-state index in [0.29, 0.717) is 0 Å². The summed E-state index contributed by atoms with van der Waals surface area (Å²) in [6, 6.07) is 21.4. The van der Waals surface area contributed by atoms with Crippen LogP contribution in [-0.4, -0.2) is 36.1 Å². The Morgan fingerprint density at radius 1 is 0.912 bits per heavy atom. The molecule has 0 bridgehead atoms. The minimum Gasteiger partial charge on any atom is -0.396 e. The molecule has 0 heterocycles. The predicted octanol–water partition coefficient (Wildman–Crippen LogP) is 6.66. The summed E-state index contributed by atoms with van der Waals surface area (Å²) in [4.78, 5) is 0. The van der Waals surface area contributed by atoms with E-state index in [2.05, 4.69) is 67.2 Å². The number of benzene rings is 2. The van der Waals surface area contributed by atoms with Crippen LogP contribution in [0.15, 0.2) is 72.8 Å². The van der Waals surface area contributed by atoms with Crippen molar-refractivity contribution < 1.29 is 14.9 Å². The van der Waals surface area contributed by atoms with Gasteiger partial charge in [0.05, 0.1) is 6.10 Å². The third kappa shape index (κ3) is 5.22. The van der Waals surface area contributed by atoms with Crippen molar-refractivity contribution in [1.29, 1.82) is 0 Å². The van der Waals surface area contributed by atoms with Crippen LogP contribution in [0.25, 0.3) is 11.1 Å². The zero-order chi connectivity index (χ0) is 23.8. The van der Waals surface area contributed by atoms with Gasteiger partial charge in [0.25, 0.3) is 0 Å². The van der Waals surface area contributed by atoms with Gasteiger partial charge in [0, 0.05) is 31.2 Å². The van der Waals surface area contributed by atoms with E-state index in [-0.39, 0.29) is 24.0 Å². The Kier molecular flexibility index (Phi) is 8.77. The van der Waals surface area contributed by atoms with E-state index >= 15 is 0 Å². The van der Waals surface area contributed by atoms with Crippen molar-refractivity contribution in [3.63, 3.8) is 0 Å². The second-order valence-corrected chi connectivity index (χ2v) is 9.93. The lowest BCUT2D eigenvalue weighted by atomic mass is 9.66.